The van der Waals surface area contributed by atoms with Crippen molar-refractivity contribution in [2.75, 3.05) is 5.32 Å². The van der Waals surface area contributed by atoms with Gasteiger partial charge >= 0.3 is 6.18 Å². The molecule has 0 aliphatic heterocycles. The van der Waals surface area contributed by atoms with Gasteiger partial charge in [-0.15, -0.1) is 0 Å². The van der Waals surface area contributed by atoms with Crippen LogP contribution in [0.15, 0.2) is 11.0 Å². The molecule has 118 valence electrons. The molecule has 1 aromatic heterocycles. The fourth-order valence-electron chi connectivity index (χ4n) is 2.18. The molecule has 2 unspecified atom stereocenters. The van der Waals surface area contributed by atoms with E-state index in [4.69, 9.17) is 11.6 Å². The van der Waals surface area contributed by atoms with Crippen LogP contribution in [-0.4, -0.2) is 33.2 Å². The van der Waals surface area contributed by atoms with Crippen molar-refractivity contribution in [3.63, 3.8) is 0 Å². The number of nitrogens with one attached hydrogen (secondary N) is 1. The maximum Gasteiger partial charge on any atom is 0.408 e. The summed E-state index contributed by atoms with van der Waals surface area (Å²) in [4.78, 5) is 11.8. The normalized spacial score (nSPS) is 24.5. The van der Waals surface area contributed by atoms with Gasteiger partial charge in [-0.1, -0.05) is 25.4 Å². The summed E-state index contributed by atoms with van der Waals surface area (Å²) in [6.45, 7) is 2.19. The first-order chi connectivity index (χ1) is 9.52. The molecule has 1 aromatic rings. The van der Waals surface area contributed by atoms with Gasteiger partial charge in [0.15, 0.2) is 0 Å². The van der Waals surface area contributed by atoms with Crippen molar-refractivity contribution < 1.29 is 18.3 Å². The van der Waals surface area contributed by atoms with Crippen molar-refractivity contribution in [2.24, 2.45) is 5.41 Å². The van der Waals surface area contributed by atoms with E-state index in [2.05, 4.69) is 10.4 Å². The predicted octanol–water partition coefficient (Wildman–Crippen LogP) is 2.03. The zero-order valence-corrected chi connectivity index (χ0v) is 12.2. The van der Waals surface area contributed by atoms with Gasteiger partial charge in [-0.25, -0.2) is 4.68 Å². The van der Waals surface area contributed by atoms with Crippen LogP contribution in [0, 0.1) is 5.41 Å². The molecule has 1 fully saturated rings. The summed E-state index contributed by atoms with van der Waals surface area (Å²) >= 11 is 5.82. The highest BCUT2D eigenvalue weighted by molar-refractivity contribution is 6.32. The second-order valence-electron chi connectivity index (χ2n) is 5.72. The SMILES string of the molecule is CC1(C)C(O)CC1Nc1cnn(CC(F)(F)F)c(=O)c1Cl. The van der Waals surface area contributed by atoms with Crippen LogP contribution in [0.5, 0.6) is 0 Å². The largest absolute Gasteiger partial charge is 0.408 e. The molecular weight excluding hydrogens is 311 g/mol. The van der Waals surface area contributed by atoms with E-state index in [-0.39, 0.29) is 21.4 Å². The Balaban J connectivity index is 2.20. The van der Waals surface area contributed by atoms with Gasteiger partial charge in [-0.05, 0) is 6.42 Å². The van der Waals surface area contributed by atoms with Gasteiger partial charge in [0.05, 0.1) is 18.0 Å². The van der Waals surface area contributed by atoms with E-state index in [9.17, 15) is 23.1 Å². The molecule has 1 aliphatic rings. The Kier molecular flexibility index (Phi) is 3.96. The average Bonchev–Trinajstić information content (AvgIpc) is 2.36. The first kappa shape index (κ1) is 16.1. The maximum atomic E-state index is 12.3. The van der Waals surface area contributed by atoms with E-state index in [1.54, 1.807) is 0 Å². The molecule has 0 amide bonds. The predicted molar refractivity (Wildman–Crippen MR) is 71.4 cm³/mol. The third-order valence-electron chi connectivity index (χ3n) is 3.86. The summed E-state index contributed by atoms with van der Waals surface area (Å²) in [5.74, 6) is 0. The average molecular weight is 326 g/mol. The van der Waals surface area contributed by atoms with Crippen LogP contribution in [0.2, 0.25) is 5.02 Å². The topological polar surface area (TPSA) is 67.2 Å². The van der Waals surface area contributed by atoms with Crippen LogP contribution in [0.1, 0.15) is 20.3 Å². The number of halogens is 4. The third-order valence-corrected chi connectivity index (χ3v) is 4.22. The second-order valence-corrected chi connectivity index (χ2v) is 6.10. The Morgan fingerprint density at radius 1 is 1.57 bits per heavy atom. The lowest BCUT2D eigenvalue weighted by Crippen LogP contribution is -2.57. The molecule has 0 aromatic carbocycles. The molecule has 0 saturated heterocycles. The quantitative estimate of drug-likeness (QED) is 0.892. The molecule has 21 heavy (non-hydrogen) atoms. The zero-order valence-electron chi connectivity index (χ0n) is 11.4. The number of aliphatic hydroxyl groups is 1. The first-order valence-electron chi connectivity index (χ1n) is 6.29. The molecule has 0 bridgehead atoms. The van der Waals surface area contributed by atoms with Crippen molar-refractivity contribution in [2.45, 2.75) is 45.1 Å². The third kappa shape index (κ3) is 3.16. The second kappa shape index (κ2) is 5.17. The van der Waals surface area contributed by atoms with Gasteiger partial charge in [0.25, 0.3) is 5.56 Å². The molecule has 0 radical (unpaired) electrons. The lowest BCUT2D eigenvalue weighted by atomic mass is 9.64. The number of aromatic nitrogens is 2. The van der Waals surface area contributed by atoms with Gasteiger partial charge in [0.2, 0.25) is 0 Å². The van der Waals surface area contributed by atoms with Gasteiger partial charge in [0.1, 0.15) is 11.6 Å². The Bertz CT molecular complexity index is 600. The van der Waals surface area contributed by atoms with Gasteiger partial charge < -0.3 is 10.4 Å². The minimum absolute atomic E-state index is 0.135. The van der Waals surface area contributed by atoms with Crippen molar-refractivity contribution in [3.05, 3.63) is 21.6 Å². The Labute approximate surface area is 123 Å². The molecule has 2 rings (SSSR count). The van der Waals surface area contributed by atoms with E-state index >= 15 is 0 Å². The molecule has 1 aliphatic carbocycles. The van der Waals surface area contributed by atoms with Crippen LogP contribution >= 0.6 is 11.6 Å². The minimum Gasteiger partial charge on any atom is -0.392 e. The molecule has 5 nitrogen and oxygen atoms in total. The van der Waals surface area contributed by atoms with Crippen LogP contribution in [-0.2, 0) is 6.54 Å². The van der Waals surface area contributed by atoms with Crippen LogP contribution in [0.25, 0.3) is 0 Å². The monoisotopic (exact) mass is 325 g/mol. The fourth-order valence-corrected chi connectivity index (χ4v) is 2.38. The number of alkyl halides is 3. The molecule has 2 N–H and O–H groups in total. The number of rotatable bonds is 3. The van der Waals surface area contributed by atoms with E-state index in [1.165, 1.54) is 0 Å². The minimum atomic E-state index is -4.55. The highest BCUT2D eigenvalue weighted by Crippen LogP contribution is 2.42. The van der Waals surface area contributed by atoms with E-state index in [0.717, 1.165) is 6.20 Å². The van der Waals surface area contributed by atoms with E-state index < -0.39 is 29.8 Å². The summed E-state index contributed by atoms with van der Waals surface area (Å²) in [5, 5.41) is 15.7. The highest BCUT2D eigenvalue weighted by atomic mass is 35.5. The fraction of sp³-hybridized carbons (Fsp3) is 0.667. The van der Waals surface area contributed by atoms with Crippen LogP contribution in [0.4, 0.5) is 18.9 Å². The molecule has 2 atom stereocenters. The first-order valence-corrected chi connectivity index (χ1v) is 6.67. The molecule has 9 heteroatoms. The number of nitrogens with zero attached hydrogens (tertiary/aromatic N) is 2. The summed E-state index contributed by atoms with van der Waals surface area (Å²) in [6.07, 6.45) is -3.47. The molecule has 1 saturated carbocycles. The summed E-state index contributed by atoms with van der Waals surface area (Å²) in [7, 11) is 0. The van der Waals surface area contributed by atoms with E-state index in [0.29, 0.717) is 6.42 Å². The van der Waals surface area contributed by atoms with Crippen molar-refractivity contribution in [1.82, 2.24) is 9.78 Å². The Morgan fingerprint density at radius 3 is 2.67 bits per heavy atom. The van der Waals surface area contributed by atoms with E-state index in [1.807, 2.05) is 13.8 Å². The Morgan fingerprint density at radius 2 is 2.19 bits per heavy atom. The molecular formula is C12H15ClF3N3O2. The molecule has 0 spiro atoms. The molecule has 1 heterocycles. The Hall–Kier alpha value is -1.28. The van der Waals surface area contributed by atoms with Crippen LogP contribution < -0.4 is 10.9 Å². The van der Waals surface area contributed by atoms with Crippen LogP contribution in [0.3, 0.4) is 0 Å². The van der Waals surface area contributed by atoms with Gasteiger partial charge in [-0.2, -0.15) is 18.3 Å². The van der Waals surface area contributed by atoms with Crippen molar-refractivity contribution in [1.29, 1.82) is 0 Å². The summed E-state index contributed by atoms with van der Waals surface area (Å²) in [6, 6.07) is -0.135. The smallest absolute Gasteiger partial charge is 0.392 e. The maximum absolute atomic E-state index is 12.3. The van der Waals surface area contributed by atoms with Gasteiger partial charge in [0, 0.05) is 11.5 Å². The zero-order chi connectivity index (χ0) is 16.0. The number of anilines is 1. The lowest BCUT2D eigenvalue weighted by molar-refractivity contribution is -0.143. The lowest BCUT2D eigenvalue weighted by Gasteiger charge is -2.49. The van der Waals surface area contributed by atoms with Gasteiger partial charge in [-0.3, -0.25) is 4.79 Å². The highest BCUT2D eigenvalue weighted by Gasteiger charge is 2.47. The summed E-state index contributed by atoms with van der Waals surface area (Å²) in [5.41, 5.74) is -1.24. The number of hydrogen-bond acceptors (Lipinski definition) is 4. The van der Waals surface area contributed by atoms with Crippen molar-refractivity contribution >= 4 is 17.3 Å². The summed E-state index contributed by atoms with van der Waals surface area (Å²) < 4.78 is 37.1. The van der Waals surface area contributed by atoms with Crippen molar-refractivity contribution in [3.8, 4) is 0 Å². The standard InChI is InChI=1S/C12H15ClF3N3O2/c1-11(2)7(3-8(11)20)18-6-4-17-19(5-12(14,15)16)10(21)9(6)13/h4,7-8,18,20H,3,5H2,1-2H3. The number of hydrogen-bond donors (Lipinski definition) is 2. The number of aliphatic hydroxyl groups excluding tert-OH is 1.